The molecule has 3 heterocycles. The van der Waals surface area contributed by atoms with Gasteiger partial charge in [-0.05, 0) is 64.8 Å². The summed E-state index contributed by atoms with van der Waals surface area (Å²) in [6, 6.07) is 9.55. The van der Waals surface area contributed by atoms with Gasteiger partial charge < -0.3 is 14.0 Å². The third kappa shape index (κ3) is 4.39. The summed E-state index contributed by atoms with van der Waals surface area (Å²) in [6.45, 7) is 8.92. The first-order valence-electron chi connectivity index (χ1n) is 10.7. The van der Waals surface area contributed by atoms with Crippen LogP contribution in [-0.2, 0) is 16.0 Å². The van der Waals surface area contributed by atoms with E-state index in [0.717, 1.165) is 53.8 Å². The fourth-order valence-corrected chi connectivity index (χ4v) is 4.24. The summed E-state index contributed by atoms with van der Waals surface area (Å²) in [5, 5.41) is 0.876. The highest BCUT2D eigenvalue weighted by Crippen LogP contribution is 2.22. The van der Waals surface area contributed by atoms with Crippen molar-refractivity contribution in [3.05, 3.63) is 64.1 Å². The lowest BCUT2D eigenvalue weighted by Crippen LogP contribution is -2.18. The molecular formula is C25H28N2O4. The zero-order valence-electron chi connectivity index (χ0n) is 18.5. The zero-order chi connectivity index (χ0) is 22.1. The van der Waals surface area contributed by atoms with Crippen molar-refractivity contribution in [2.45, 2.75) is 53.2 Å². The minimum Gasteiger partial charge on any atom is -0.454 e. The molecule has 2 aromatic heterocycles. The highest BCUT2D eigenvalue weighted by Gasteiger charge is 2.22. The minimum absolute atomic E-state index is 0.192. The van der Waals surface area contributed by atoms with Crippen LogP contribution in [0.5, 0.6) is 0 Å². The van der Waals surface area contributed by atoms with Gasteiger partial charge in [0.25, 0.3) is 0 Å². The first-order valence-corrected chi connectivity index (χ1v) is 10.7. The second-order valence-electron chi connectivity index (χ2n) is 8.35. The maximum absolute atomic E-state index is 12.8. The van der Waals surface area contributed by atoms with Gasteiger partial charge in [0.1, 0.15) is 0 Å². The van der Waals surface area contributed by atoms with Crippen molar-refractivity contribution in [2.24, 2.45) is 0 Å². The molecule has 0 bridgehead atoms. The van der Waals surface area contributed by atoms with Gasteiger partial charge in [0.2, 0.25) is 5.78 Å². The number of carbonyl (C=O) groups is 2. The smallest absolute Gasteiger partial charge is 0.340 e. The lowest BCUT2D eigenvalue weighted by Gasteiger charge is -2.14. The number of hydrogen-bond acceptors (Lipinski definition) is 5. The molecule has 0 saturated carbocycles. The van der Waals surface area contributed by atoms with Crippen molar-refractivity contribution in [3.63, 3.8) is 0 Å². The number of benzene rings is 1. The SMILES string of the molecule is Cc1ccc2nc(C)c(C(=O)OCC(=O)c3cc(C)n(CC4CCCO4)c3C)cc2c1. The van der Waals surface area contributed by atoms with Crippen molar-refractivity contribution in [3.8, 4) is 0 Å². The first kappa shape index (κ1) is 21.2. The lowest BCUT2D eigenvalue weighted by molar-refractivity contribution is 0.0473. The predicted molar refractivity (Wildman–Crippen MR) is 119 cm³/mol. The van der Waals surface area contributed by atoms with Crippen LogP contribution in [-0.4, -0.2) is 40.6 Å². The highest BCUT2D eigenvalue weighted by molar-refractivity contribution is 6.01. The quantitative estimate of drug-likeness (QED) is 0.434. The predicted octanol–water partition coefficient (Wildman–Crippen LogP) is 4.49. The van der Waals surface area contributed by atoms with E-state index in [1.165, 1.54) is 0 Å². The van der Waals surface area contributed by atoms with Crippen LogP contribution in [0.25, 0.3) is 10.9 Å². The molecule has 6 nitrogen and oxygen atoms in total. The van der Waals surface area contributed by atoms with Crippen molar-refractivity contribution < 1.29 is 19.1 Å². The van der Waals surface area contributed by atoms with Crippen LogP contribution in [0.4, 0.5) is 0 Å². The van der Waals surface area contributed by atoms with Gasteiger partial charge in [-0.15, -0.1) is 0 Å². The summed E-state index contributed by atoms with van der Waals surface area (Å²) in [7, 11) is 0. The molecule has 0 N–H and O–H groups in total. The molecule has 3 aromatic rings. The van der Waals surface area contributed by atoms with Crippen LogP contribution in [0.2, 0.25) is 0 Å². The molecule has 0 amide bonds. The molecule has 0 aliphatic carbocycles. The van der Waals surface area contributed by atoms with Gasteiger partial charge in [-0.25, -0.2) is 4.79 Å². The second kappa shape index (κ2) is 8.63. The fraction of sp³-hybridized carbons (Fsp3) is 0.400. The number of nitrogens with zero attached hydrogens (tertiary/aromatic N) is 2. The van der Waals surface area contributed by atoms with Crippen LogP contribution >= 0.6 is 0 Å². The van der Waals surface area contributed by atoms with E-state index in [-0.39, 0.29) is 18.5 Å². The molecule has 1 aliphatic rings. The summed E-state index contributed by atoms with van der Waals surface area (Å²) in [5.41, 5.74) is 5.37. The topological polar surface area (TPSA) is 70.4 Å². The van der Waals surface area contributed by atoms with Crippen LogP contribution in [0.3, 0.4) is 0 Å². The van der Waals surface area contributed by atoms with Crippen molar-refractivity contribution >= 4 is 22.7 Å². The van der Waals surface area contributed by atoms with Gasteiger partial charge >= 0.3 is 5.97 Å². The Hall–Kier alpha value is -2.99. The van der Waals surface area contributed by atoms with Gasteiger partial charge in [0, 0.05) is 35.5 Å². The molecule has 1 atom stereocenters. The Morgan fingerprint density at radius 3 is 2.68 bits per heavy atom. The van der Waals surface area contributed by atoms with Gasteiger partial charge in [0.05, 0.1) is 22.9 Å². The van der Waals surface area contributed by atoms with E-state index in [1.54, 1.807) is 13.0 Å². The third-order valence-electron chi connectivity index (χ3n) is 6.00. The normalized spacial score (nSPS) is 16.1. The monoisotopic (exact) mass is 420 g/mol. The summed E-state index contributed by atoms with van der Waals surface area (Å²) in [5.74, 6) is -0.739. The molecule has 0 spiro atoms. The van der Waals surface area contributed by atoms with E-state index >= 15 is 0 Å². The number of aromatic nitrogens is 2. The third-order valence-corrected chi connectivity index (χ3v) is 6.00. The first-order chi connectivity index (χ1) is 14.8. The average Bonchev–Trinajstić information content (AvgIpc) is 3.35. The molecule has 1 unspecified atom stereocenters. The molecule has 0 radical (unpaired) electrons. The molecule has 6 heteroatoms. The summed E-state index contributed by atoms with van der Waals surface area (Å²) in [6.07, 6.45) is 2.31. The fourth-order valence-electron chi connectivity index (χ4n) is 4.24. The van der Waals surface area contributed by atoms with E-state index in [0.29, 0.717) is 16.8 Å². The van der Waals surface area contributed by atoms with E-state index in [4.69, 9.17) is 9.47 Å². The maximum Gasteiger partial charge on any atom is 0.340 e. The molecule has 1 aliphatic heterocycles. The molecule has 1 aromatic carbocycles. The van der Waals surface area contributed by atoms with Crippen LogP contribution in [0, 0.1) is 27.7 Å². The zero-order valence-corrected chi connectivity index (χ0v) is 18.5. The summed E-state index contributed by atoms with van der Waals surface area (Å²) in [4.78, 5) is 30.0. The Morgan fingerprint density at radius 2 is 1.94 bits per heavy atom. The van der Waals surface area contributed by atoms with E-state index in [1.807, 2.05) is 45.0 Å². The van der Waals surface area contributed by atoms with Gasteiger partial charge in [-0.1, -0.05) is 11.6 Å². The van der Waals surface area contributed by atoms with Crippen LogP contribution in [0.15, 0.2) is 30.3 Å². The van der Waals surface area contributed by atoms with Gasteiger partial charge in [-0.3, -0.25) is 9.78 Å². The molecule has 4 rings (SSSR count). The number of rotatable bonds is 6. The summed E-state index contributed by atoms with van der Waals surface area (Å²) >= 11 is 0. The van der Waals surface area contributed by atoms with E-state index in [9.17, 15) is 9.59 Å². The summed E-state index contributed by atoms with van der Waals surface area (Å²) < 4.78 is 13.2. The molecule has 1 saturated heterocycles. The number of ether oxygens (including phenoxy) is 2. The van der Waals surface area contributed by atoms with Crippen LogP contribution < -0.4 is 0 Å². The minimum atomic E-state index is -0.532. The number of pyridine rings is 1. The largest absolute Gasteiger partial charge is 0.454 e. The Balaban J connectivity index is 1.47. The van der Waals surface area contributed by atoms with E-state index < -0.39 is 5.97 Å². The Morgan fingerprint density at radius 1 is 1.13 bits per heavy atom. The number of Topliss-reactive ketones (excluding diaryl/α,β-unsaturated/α-hetero) is 1. The average molecular weight is 421 g/mol. The molecule has 162 valence electrons. The van der Waals surface area contributed by atoms with Gasteiger partial charge in [-0.2, -0.15) is 0 Å². The van der Waals surface area contributed by atoms with E-state index in [2.05, 4.69) is 9.55 Å². The highest BCUT2D eigenvalue weighted by atomic mass is 16.5. The number of fused-ring (bicyclic) bond motifs is 1. The molecule has 31 heavy (non-hydrogen) atoms. The van der Waals surface area contributed by atoms with Crippen molar-refractivity contribution in [1.29, 1.82) is 0 Å². The van der Waals surface area contributed by atoms with Crippen molar-refractivity contribution in [1.82, 2.24) is 9.55 Å². The number of hydrogen-bond donors (Lipinski definition) is 0. The number of aryl methyl sites for hydroxylation is 3. The Bertz CT molecular complexity index is 1160. The van der Waals surface area contributed by atoms with Crippen molar-refractivity contribution in [2.75, 3.05) is 13.2 Å². The standard InChI is InChI=1S/C25H28N2O4/c1-15-7-8-23-19(10-15)12-21(17(3)26-23)25(29)31-14-24(28)22-11-16(2)27(18(22)4)13-20-6-5-9-30-20/h7-8,10-12,20H,5-6,9,13-14H2,1-4H3. The lowest BCUT2D eigenvalue weighted by atomic mass is 10.1. The second-order valence-corrected chi connectivity index (χ2v) is 8.35. The number of esters is 1. The Labute approximate surface area is 182 Å². The Kier molecular flexibility index (Phi) is 5.92. The number of carbonyl (C=O) groups excluding carboxylic acids is 2. The van der Waals surface area contributed by atoms with Gasteiger partial charge in [0.15, 0.2) is 6.61 Å². The maximum atomic E-state index is 12.8. The molecular weight excluding hydrogens is 392 g/mol. The van der Waals surface area contributed by atoms with Crippen LogP contribution in [0.1, 0.15) is 56.2 Å². The number of ketones is 1. The molecule has 1 fully saturated rings.